The zero-order valence-corrected chi connectivity index (χ0v) is 28.9. The van der Waals surface area contributed by atoms with E-state index in [-0.39, 0.29) is 18.1 Å². The van der Waals surface area contributed by atoms with Gasteiger partial charge >= 0.3 is 0 Å². The molecule has 1 aliphatic carbocycles. The maximum atomic E-state index is 9.19. The van der Waals surface area contributed by atoms with E-state index in [9.17, 15) is 1.37 Å². The van der Waals surface area contributed by atoms with Crippen LogP contribution in [0, 0.1) is 0 Å². The van der Waals surface area contributed by atoms with E-state index >= 15 is 0 Å². The van der Waals surface area contributed by atoms with Crippen LogP contribution in [0.1, 0.15) is 30.5 Å². The fourth-order valence-corrected chi connectivity index (χ4v) is 8.19. The molecular weight excluding hydrogens is 649 g/mol. The van der Waals surface area contributed by atoms with Gasteiger partial charge in [0.2, 0.25) is 0 Å². The Labute approximate surface area is 311 Å². The predicted molar refractivity (Wildman–Crippen MR) is 215 cm³/mol. The number of nitrogens with zero attached hydrogens (tertiary/aromatic N) is 4. The average molecular weight is 685 g/mol. The first-order valence-corrected chi connectivity index (χ1v) is 17.7. The van der Waals surface area contributed by atoms with Gasteiger partial charge in [-0.05, 0) is 53.1 Å². The van der Waals surface area contributed by atoms with Gasteiger partial charge in [-0.15, -0.1) is 0 Å². The van der Waals surface area contributed by atoms with Crippen molar-refractivity contribution in [3.63, 3.8) is 0 Å². The highest BCUT2D eigenvalue weighted by atomic mass is 16.3. The third kappa shape index (κ3) is 4.40. The van der Waals surface area contributed by atoms with Crippen LogP contribution in [0.25, 0.3) is 94.7 Å². The molecule has 0 saturated heterocycles. The van der Waals surface area contributed by atoms with Gasteiger partial charge in [0.05, 0.1) is 16.5 Å². The topological polar surface area (TPSA) is 56.7 Å². The van der Waals surface area contributed by atoms with Gasteiger partial charge in [0.15, 0.2) is 17.5 Å². The molecule has 0 fully saturated rings. The minimum atomic E-state index is -0.472. The van der Waals surface area contributed by atoms with Crippen LogP contribution in [0.3, 0.4) is 0 Å². The maximum absolute atomic E-state index is 9.19. The fourth-order valence-electron chi connectivity index (χ4n) is 8.19. The first-order chi connectivity index (χ1) is 27.6. The first kappa shape index (κ1) is 26.0. The van der Waals surface area contributed by atoms with Crippen molar-refractivity contribution in [2.24, 2.45) is 0 Å². The van der Waals surface area contributed by atoms with E-state index in [0.29, 0.717) is 40.2 Å². The lowest BCUT2D eigenvalue weighted by Gasteiger charge is -2.21. The van der Waals surface area contributed by atoms with E-state index < -0.39 is 5.41 Å². The van der Waals surface area contributed by atoms with Gasteiger partial charge in [0.25, 0.3) is 0 Å². The zero-order chi connectivity index (χ0) is 38.7. The molecule has 0 aliphatic heterocycles. The van der Waals surface area contributed by atoms with Crippen LogP contribution < -0.4 is 0 Å². The van der Waals surface area contributed by atoms with E-state index in [2.05, 4.69) is 36.6 Å². The van der Waals surface area contributed by atoms with E-state index in [1.165, 1.54) is 0 Å². The molecule has 0 atom stereocenters. The van der Waals surface area contributed by atoms with Crippen LogP contribution in [0.4, 0.5) is 0 Å². The summed E-state index contributed by atoms with van der Waals surface area (Å²) in [4.78, 5) is 14.7. The van der Waals surface area contributed by atoms with E-state index in [0.717, 1.165) is 71.7 Å². The minimum Gasteiger partial charge on any atom is -0.456 e. The highest BCUT2D eigenvalue weighted by Gasteiger charge is 2.37. The number of benzene rings is 7. The van der Waals surface area contributed by atoms with Gasteiger partial charge in [0, 0.05) is 54.9 Å². The van der Waals surface area contributed by atoms with Gasteiger partial charge < -0.3 is 8.98 Å². The Morgan fingerprint density at radius 2 is 1.23 bits per heavy atom. The molecule has 5 heteroatoms. The van der Waals surface area contributed by atoms with Crippen molar-refractivity contribution in [1.29, 1.82) is 0 Å². The third-order valence-electron chi connectivity index (χ3n) is 10.7. The van der Waals surface area contributed by atoms with Crippen molar-refractivity contribution >= 4 is 43.7 Å². The van der Waals surface area contributed by atoms with Crippen molar-refractivity contribution in [3.8, 4) is 51.0 Å². The molecule has 0 spiro atoms. The molecule has 10 aromatic rings. The predicted octanol–water partition coefficient (Wildman–Crippen LogP) is 12.2. The second-order valence-corrected chi connectivity index (χ2v) is 14.1. The van der Waals surface area contributed by atoms with E-state index in [1.54, 1.807) is 12.1 Å². The Kier molecular flexibility index (Phi) is 5.43. The van der Waals surface area contributed by atoms with Crippen LogP contribution in [0.5, 0.6) is 0 Å². The maximum Gasteiger partial charge on any atom is 0.164 e. The molecule has 7 aromatic carbocycles. The third-order valence-corrected chi connectivity index (χ3v) is 10.7. The lowest BCUT2D eigenvalue weighted by molar-refractivity contribution is 0.661. The number of fused-ring (bicyclic) bond motifs is 10. The fraction of sp³-hybridized carbons (Fsp3) is 0.0625. The monoisotopic (exact) mass is 684 g/mol. The lowest BCUT2D eigenvalue weighted by Crippen LogP contribution is -2.14. The van der Waals surface area contributed by atoms with Crippen LogP contribution in [0.15, 0.2) is 162 Å². The molecule has 0 saturated carbocycles. The average Bonchev–Trinajstić information content (AvgIpc) is 3.83. The number of para-hydroxylation sites is 1. The Morgan fingerprint density at radius 1 is 0.547 bits per heavy atom. The largest absolute Gasteiger partial charge is 0.456 e. The number of rotatable bonds is 4. The van der Waals surface area contributed by atoms with Crippen LogP contribution >= 0.6 is 0 Å². The van der Waals surface area contributed by atoms with E-state index in [1.807, 2.05) is 103 Å². The first-order valence-electron chi connectivity index (χ1n) is 19.7. The summed E-state index contributed by atoms with van der Waals surface area (Å²) in [6, 6.07) is 44.2. The Bertz CT molecular complexity index is 3260. The molecule has 1 aliphatic rings. The van der Waals surface area contributed by atoms with Crippen molar-refractivity contribution in [3.05, 3.63) is 169 Å². The number of hydrogen-bond donors (Lipinski definition) is 0. The molecule has 11 rings (SSSR count). The van der Waals surface area contributed by atoms with Gasteiger partial charge in [-0.2, -0.15) is 0 Å². The summed E-state index contributed by atoms with van der Waals surface area (Å²) in [6.45, 7) is 4.27. The molecule has 0 bridgehead atoms. The van der Waals surface area contributed by atoms with Gasteiger partial charge in [-0.1, -0.05) is 135 Å². The van der Waals surface area contributed by atoms with Crippen LogP contribution in [-0.4, -0.2) is 19.5 Å². The second-order valence-electron chi connectivity index (χ2n) is 14.1. The molecule has 0 radical (unpaired) electrons. The molecular formula is C48H32N4O. The lowest BCUT2D eigenvalue weighted by atomic mass is 9.82. The smallest absolute Gasteiger partial charge is 0.164 e. The number of furan rings is 1. The summed E-state index contributed by atoms with van der Waals surface area (Å²) in [5.74, 6) is 1.71. The summed E-state index contributed by atoms with van der Waals surface area (Å²) in [5, 5.41) is 3.56. The van der Waals surface area contributed by atoms with Crippen molar-refractivity contribution in [2.75, 3.05) is 0 Å². The summed E-state index contributed by atoms with van der Waals surface area (Å²) in [7, 11) is 0. The van der Waals surface area contributed by atoms with E-state index in [4.69, 9.17) is 23.5 Å². The second kappa shape index (κ2) is 11.1. The van der Waals surface area contributed by atoms with Crippen LogP contribution in [-0.2, 0) is 5.41 Å². The quantitative estimate of drug-likeness (QED) is 0.185. The molecule has 3 aromatic heterocycles. The summed E-state index contributed by atoms with van der Waals surface area (Å²) >= 11 is 0. The standard InChI is InChI=1S/C48H32N4O/c1-48(2)38-19-11-9-18-36(38)43-39(48)25-24-35-33-17-10-12-20-40(33)52(44(35)43)32-22-26-41-37(28-32)34-23-21-31(27-42(34)53-41)47-50-45(29-13-5-3-6-14-29)49-46(51-47)30-15-7-4-8-16-30/h3-28H,1-2H3/i9D,10D,19D,20D. The Morgan fingerprint density at radius 3 is 1.98 bits per heavy atom. The van der Waals surface area contributed by atoms with Gasteiger partial charge in [0.1, 0.15) is 11.2 Å². The molecule has 0 unspecified atom stereocenters. The highest BCUT2D eigenvalue weighted by molar-refractivity contribution is 6.16. The van der Waals surface area contributed by atoms with Gasteiger partial charge in [-0.3, -0.25) is 0 Å². The molecule has 250 valence electrons. The number of aromatic nitrogens is 4. The normalized spacial score (nSPS) is 14.3. The summed E-state index contributed by atoms with van der Waals surface area (Å²) in [6.07, 6.45) is 0. The molecule has 53 heavy (non-hydrogen) atoms. The SMILES string of the molecule is [2H]c1cc([2H])c2c(c1)-c1c(ccc3c4cc([2H])cc([2H])c4n(-c4ccc5oc6cc(-c7nc(-c8ccccc8)nc(-c8ccccc8)n7)ccc6c5c4)c13)C2(C)C. The molecule has 3 heterocycles. The van der Waals surface area contributed by atoms with Crippen molar-refractivity contribution < 1.29 is 9.90 Å². The number of hydrogen-bond acceptors (Lipinski definition) is 4. The Hall–Kier alpha value is -6.85. The molecule has 0 amide bonds. The highest BCUT2D eigenvalue weighted by Crippen LogP contribution is 2.53. The van der Waals surface area contributed by atoms with Gasteiger partial charge in [-0.25, -0.2) is 15.0 Å². The zero-order valence-electron chi connectivity index (χ0n) is 32.9. The Balaban J connectivity index is 1.13. The molecule has 5 nitrogen and oxygen atoms in total. The van der Waals surface area contributed by atoms with Crippen molar-refractivity contribution in [1.82, 2.24) is 19.5 Å². The summed E-state index contributed by atoms with van der Waals surface area (Å²) < 4.78 is 43.9. The molecule has 0 N–H and O–H groups in total. The minimum absolute atomic E-state index is 0.249. The van der Waals surface area contributed by atoms with Crippen LogP contribution in [0.2, 0.25) is 0 Å². The van der Waals surface area contributed by atoms with Crippen molar-refractivity contribution in [2.45, 2.75) is 19.3 Å². The summed E-state index contributed by atoms with van der Waals surface area (Å²) in [5.41, 5.74) is 9.73.